The Kier molecular flexibility index (Phi) is 9.47. The molecule has 0 fully saturated rings. The minimum atomic E-state index is 0. The Morgan fingerprint density at radius 3 is 1.93 bits per heavy atom. The van der Waals surface area contributed by atoms with Gasteiger partial charge in [0.05, 0.1) is 6.04 Å². The van der Waals surface area contributed by atoms with Gasteiger partial charge in [-0.1, -0.05) is 12.2 Å². The molecular formula is C11H22BrN3. The maximum Gasteiger partial charge on any atom is 0.196 e. The van der Waals surface area contributed by atoms with Gasteiger partial charge in [-0.3, -0.25) is 0 Å². The van der Waals surface area contributed by atoms with Crippen LogP contribution in [0.3, 0.4) is 0 Å². The van der Waals surface area contributed by atoms with Crippen molar-refractivity contribution in [1.82, 2.24) is 9.80 Å². The lowest BCUT2D eigenvalue weighted by Gasteiger charge is -2.24. The molecule has 0 aromatic heterocycles. The van der Waals surface area contributed by atoms with Crippen molar-refractivity contribution in [2.45, 2.75) is 12.5 Å². The highest BCUT2D eigenvalue weighted by Gasteiger charge is 2.07. The van der Waals surface area contributed by atoms with E-state index in [2.05, 4.69) is 18.2 Å². The monoisotopic (exact) mass is 275 g/mol. The number of rotatable bonds is 4. The predicted octanol–water partition coefficient (Wildman–Crippen LogP) is 2.17. The molecule has 88 valence electrons. The third kappa shape index (κ3) is 6.33. The van der Waals surface area contributed by atoms with E-state index in [1.807, 2.05) is 50.1 Å². The average Bonchev–Trinajstić information content (AvgIpc) is 2.10. The minimum Gasteiger partial charge on any atom is -0.349 e. The standard InChI is InChI=1S/C11H21N3.BrH/c1-7-9-10(8-2)12-11(13(3)4)14(5)6;/h7-8,10H,1-2,9H2,3-6H3;1H. The maximum absolute atomic E-state index is 4.56. The smallest absolute Gasteiger partial charge is 0.196 e. The lowest BCUT2D eigenvalue weighted by molar-refractivity contribution is 0.476. The van der Waals surface area contributed by atoms with Gasteiger partial charge in [-0.05, 0) is 6.42 Å². The zero-order valence-corrected chi connectivity index (χ0v) is 11.8. The van der Waals surface area contributed by atoms with E-state index in [4.69, 9.17) is 0 Å². The van der Waals surface area contributed by atoms with Gasteiger partial charge >= 0.3 is 0 Å². The molecule has 4 heteroatoms. The van der Waals surface area contributed by atoms with Gasteiger partial charge in [0, 0.05) is 28.2 Å². The fourth-order valence-electron chi connectivity index (χ4n) is 1.15. The normalized spacial score (nSPS) is 10.7. The molecule has 0 amide bonds. The van der Waals surface area contributed by atoms with E-state index < -0.39 is 0 Å². The summed E-state index contributed by atoms with van der Waals surface area (Å²) in [6.07, 6.45) is 4.53. The molecule has 1 unspecified atom stereocenters. The first-order chi connectivity index (χ1) is 6.52. The maximum atomic E-state index is 4.56. The van der Waals surface area contributed by atoms with Crippen LogP contribution < -0.4 is 0 Å². The lowest BCUT2D eigenvalue weighted by Crippen LogP contribution is -2.36. The summed E-state index contributed by atoms with van der Waals surface area (Å²) < 4.78 is 0. The molecule has 0 rings (SSSR count). The highest BCUT2D eigenvalue weighted by molar-refractivity contribution is 8.93. The van der Waals surface area contributed by atoms with E-state index in [9.17, 15) is 0 Å². The van der Waals surface area contributed by atoms with Gasteiger partial charge in [-0.25, -0.2) is 4.99 Å². The molecule has 0 bridgehead atoms. The Bertz CT molecular complexity index is 212. The zero-order chi connectivity index (χ0) is 11.1. The Labute approximate surface area is 104 Å². The number of hydrogen-bond donors (Lipinski definition) is 0. The topological polar surface area (TPSA) is 18.8 Å². The summed E-state index contributed by atoms with van der Waals surface area (Å²) in [7, 11) is 7.92. The summed E-state index contributed by atoms with van der Waals surface area (Å²) >= 11 is 0. The molecule has 0 radical (unpaired) electrons. The number of halogens is 1. The predicted molar refractivity (Wildman–Crippen MR) is 73.9 cm³/mol. The Morgan fingerprint density at radius 2 is 1.67 bits per heavy atom. The summed E-state index contributed by atoms with van der Waals surface area (Å²) in [5, 5.41) is 0. The third-order valence-corrected chi connectivity index (χ3v) is 1.76. The van der Waals surface area contributed by atoms with Gasteiger partial charge in [0.1, 0.15) is 0 Å². The van der Waals surface area contributed by atoms with Crippen molar-refractivity contribution in [1.29, 1.82) is 0 Å². The number of aliphatic imine (C=N–C) groups is 1. The van der Waals surface area contributed by atoms with Crippen LogP contribution >= 0.6 is 17.0 Å². The van der Waals surface area contributed by atoms with Crippen molar-refractivity contribution < 1.29 is 0 Å². The van der Waals surface area contributed by atoms with Crippen LogP contribution in [0.4, 0.5) is 0 Å². The van der Waals surface area contributed by atoms with Gasteiger partial charge in [0.15, 0.2) is 5.96 Å². The molecule has 0 aromatic rings. The first-order valence-corrected chi connectivity index (χ1v) is 4.68. The molecule has 0 spiro atoms. The van der Waals surface area contributed by atoms with Crippen molar-refractivity contribution in [3.05, 3.63) is 25.3 Å². The molecular weight excluding hydrogens is 254 g/mol. The molecule has 0 N–H and O–H groups in total. The molecule has 0 saturated carbocycles. The van der Waals surface area contributed by atoms with Crippen LogP contribution in [-0.4, -0.2) is 50.0 Å². The van der Waals surface area contributed by atoms with Gasteiger partial charge in [-0.2, -0.15) is 0 Å². The van der Waals surface area contributed by atoms with Crippen LogP contribution in [0.25, 0.3) is 0 Å². The van der Waals surface area contributed by atoms with Crippen LogP contribution in [0.1, 0.15) is 6.42 Å². The van der Waals surface area contributed by atoms with Crippen molar-refractivity contribution in [2.24, 2.45) is 4.99 Å². The van der Waals surface area contributed by atoms with Crippen LogP contribution in [0.15, 0.2) is 30.3 Å². The van der Waals surface area contributed by atoms with Gasteiger partial charge < -0.3 is 9.80 Å². The molecule has 15 heavy (non-hydrogen) atoms. The van der Waals surface area contributed by atoms with E-state index in [-0.39, 0.29) is 23.0 Å². The van der Waals surface area contributed by atoms with Gasteiger partial charge in [-0.15, -0.1) is 30.1 Å². The van der Waals surface area contributed by atoms with Gasteiger partial charge in [0.2, 0.25) is 0 Å². The fourth-order valence-corrected chi connectivity index (χ4v) is 1.15. The number of nitrogens with zero attached hydrogens (tertiary/aromatic N) is 3. The fraction of sp³-hybridized carbons (Fsp3) is 0.545. The zero-order valence-electron chi connectivity index (χ0n) is 10.1. The second-order valence-electron chi connectivity index (χ2n) is 3.55. The van der Waals surface area contributed by atoms with Crippen molar-refractivity contribution in [2.75, 3.05) is 28.2 Å². The quantitative estimate of drug-likeness (QED) is 0.445. The van der Waals surface area contributed by atoms with E-state index in [1.54, 1.807) is 0 Å². The van der Waals surface area contributed by atoms with Crippen LogP contribution in [0, 0.1) is 0 Å². The Balaban J connectivity index is 0. The lowest BCUT2D eigenvalue weighted by atomic mass is 10.2. The van der Waals surface area contributed by atoms with E-state index >= 15 is 0 Å². The summed E-state index contributed by atoms with van der Waals surface area (Å²) in [6.45, 7) is 7.46. The minimum absolute atomic E-state index is 0. The molecule has 0 aliphatic carbocycles. The Hall–Kier alpha value is -0.770. The second kappa shape index (κ2) is 8.53. The largest absolute Gasteiger partial charge is 0.349 e. The number of guanidine groups is 1. The highest BCUT2D eigenvalue weighted by atomic mass is 79.9. The van der Waals surface area contributed by atoms with E-state index in [0.717, 1.165) is 12.4 Å². The van der Waals surface area contributed by atoms with Crippen molar-refractivity contribution in [3.8, 4) is 0 Å². The summed E-state index contributed by atoms with van der Waals surface area (Å²) in [6, 6.07) is 0.118. The molecule has 3 nitrogen and oxygen atoms in total. The van der Waals surface area contributed by atoms with Crippen molar-refractivity contribution >= 4 is 22.9 Å². The van der Waals surface area contributed by atoms with E-state index in [0.29, 0.717) is 0 Å². The van der Waals surface area contributed by atoms with Gasteiger partial charge in [0.25, 0.3) is 0 Å². The highest BCUT2D eigenvalue weighted by Crippen LogP contribution is 2.02. The van der Waals surface area contributed by atoms with Crippen LogP contribution in [0.2, 0.25) is 0 Å². The summed E-state index contributed by atoms with van der Waals surface area (Å²) in [5.74, 6) is 0.941. The average molecular weight is 276 g/mol. The molecule has 0 heterocycles. The van der Waals surface area contributed by atoms with Crippen LogP contribution in [-0.2, 0) is 0 Å². The van der Waals surface area contributed by atoms with Crippen molar-refractivity contribution in [3.63, 3.8) is 0 Å². The van der Waals surface area contributed by atoms with Crippen LogP contribution in [0.5, 0.6) is 0 Å². The van der Waals surface area contributed by atoms with E-state index in [1.165, 1.54) is 0 Å². The number of hydrogen-bond acceptors (Lipinski definition) is 1. The summed E-state index contributed by atoms with van der Waals surface area (Å²) in [5.41, 5.74) is 0. The Morgan fingerprint density at radius 1 is 1.20 bits per heavy atom. The summed E-state index contributed by atoms with van der Waals surface area (Å²) in [4.78, 5) is 8.53. The third-order valence-electron chi connectivity index (χ3n) is 1.76. The molecule has 1 atom stereocenters. The molecule has 0 saturated heterocycles. The molecule has 0 aromatic carbocycles. The first-order valence-electron chi connectivity index (χ1n) is 4.68. The SMILES string of the molecule is Br.C=CCC(C=C)N=C(N(C)C)N(C)C. The first kappa shape index (κ1) is 16.7. The molecule has 0 aliphatic heterocycles. The second-order valence-corrected chi connectivity index (χ2v) is 3.55. The molecule has 0 aliphatic rings.